The van der Waals surface area contributed by atoms with Crippen LogP contribution in [-0.4, -0.2) is 61.4 Å². The van der Waals surface area contributed by atoms with Gasteiger partial charge in [0.15, 0.2) is 0 Å². The molecule has 2 aliphatic rings. The van der Waals surface area contributed by atoms with E-state index in [4.69, 9.17) is 14.6 Å². The van der Waals surface area contributed by atoms with Gasteiger partial charge in [0.1, 0.15) is 0 Å². The SMILES string of the molecule is O=C(O)c1cccc(CC(=O)N2CCOCC3(CCOCC3)C2)c1. The quantitative estimate of drug-likeness (QED) is 0.909. The highest BCUT2D eigenvalue weighted by atomic mass is 16.5. The molecule has 6 nitrogen and oxygen atoms in total. The van der Waals surface area contributed by atoms with Gasteiger partial charge in [-0.05, 0) is 30.5 Å². The van der Waals surface area contributed by atoms with Gasteiger partial charge in [-0.15, -0.1) is 0 Å². The fourth-order valence-electron chi connectivity index (χ4n) is 3.41. The summed E-state index contributed by atoms with van der Waals surface area (Å²) in [5.41, 5.74) is 0.930. The maximum atomic E-state index is 12.7. The van der Waals surface area contributed by atoms with Crippen LogP contribution < -0.4 is 0 Å². The average Bonchev–Trinajstić information content (AvgIpc) is 2.78. The molecule has 1 spiro atoms. The maximum absolute atomic E-state index is 12.7. The molecular formula is C18H23NO5. The molecule has 0 atom stereocenters. The van der Waals surface area contributed by atoms with Crippen LogP contribution >= 0.6 is 0 Å². The van der Waals surface area contributed by atoms with Crippen molar-refractivity contribution in [2.75, 3.05) is 39.5 Å². The first-order valence-electron chi connectivity index (χ1n) is 8.34. The molecule has 130 valence electrons. The molecule has 1 aromatic rings. The summed E-state index contributed by atoms with van der Waals surface area (Å²) in [6, 6.07) is 6.58. The van der Waals surface area contributed by atoms with Crippen LogP contribution in [0.2, 0.25) is 0 Å². The number of rotatable bonds is 3. The van der Waals surface area contributed by atoms with Crippen molar-refractivity contribution in [3.63, 3.8) is 0 Å². The lowest BCUT2D eigenvalue weighted by atomic mass is 9.80. The molecule has 2 fully saturated rings. The van der Waals surface area contributed by atoms with Crippen molar-refractivity contribution in [1.82, 2.24) is 4.90 Å². The van der Waals surface area contributed by atoms with Crippen molar-refractivity contribution in [3.8, 4) is 0 Å². The van der Waals surface area contributed by atoms with E-state index in [9.17, 15) is 9.59 Å². The minimum absolute atomic E-state index is 0.00662. The van der Waals surface area contributed by atoms with Gasteiger partial charge in [0.05, 0.1) is 25.2 Å². The molecule has 3 rings (SSSR count). The van der Waals surface area contributed by atoms with E-state index in [1.54, 1.807) is 18.2 Å². The van der Waals surface area contributed by atoms with Crippen LogP contribution in [0.3, 0.4) is 0 Å². The van der Waals surface area contributed by atoms with Crippen molar-refractivity contribution in [3.05, 3.63) is 35.4 Å². The summed E-state index contributed by atoms with van der Waals surface area (Å²) in [6.07, 6.45) is 2.03. The van der Waals surface area contributed by atoms with Crippen LogP contribution in [0.15, 0.2) is 24.3 Å². The fourth-order valence-corrected chi connectivity index (χ4v) is 3.41. The summed E-state index contributed by atoms with van der Waals surface area (Å²) >= 11 is 0. The third-order valence-electron chi connectivity index (χ3n) is 4.88. The molecule has 24 heavy (non-hydrogen) atoms. The molecule has 0 aromatic heterocycles. The second-order valence-corrected chi connectivity index (χ2v) is 6.66. The van der Waals surface area contributed by atoms with Crippen molar-refractivity contribution in [1.29, 1.82) is 0 Å². The highest BCUT2D eigenvalue weighted by Gasteiger charge is 2.37. The first-order valence-corrected chi connectivity index (χ1v) is 8.34. The Morgan fingerprint density at radius 3 is 2.71 bits per heavy atom. The van der Waals surface area contributed by atoms with Crippen molar-refractivity contribution >= 4 is 11.9 Å². The maximum Gasteiger partial charge on any atom is 0.335 e. The molecule has 0 aliphatic carbocycles. The number of benzene rings is 1. The summed E-state index contributed by atoms with van der Waals surface area (Å²) in [7, 11) is 0. The van der Waals surface area contributed by atoms with Crippen LogP contribution in [0.25, 0.3) is 0 Å². The lowest BCUT2D eigenvalue weighted by molar-refractivity contribution is -0.132. The molecule has 6 heteroatoms. The predicted octanol–water partition coefficient (Wildman–Crippen LogP) is 1.58. The normalized spacial score (nSPS) is 20.6. The summed E-state index contributed by atoms with van der Waals surface area (Å²) in [5.74, 6) is -0.956. The Labute approximate surface area is 141 Å². The number of carbonyl (C=O) groups is 2. The molecular weight excluding hydrogens is 310 g/mol. The zero-order valence-corrected chi connectivity index (χ0v) is 13.7. The molecule has 0 radical (unpaired) electrons. The Balaban J connectivity index is 1.69. The third-order valence-corrected chi connectivity index (χ3v) is 4.88. The first-order chi connectivity index (χ1) is 11.6. The average molecular weight is 333 g/mol. The van der Waals surface area contributed by atoms with Gasteiger partial charge in [-0.3, -0.25) is 4.79 Å². The predicted molar refractivity (Wildman–Crippen MR) is 87.0 cm³/mol. The second-order valence-electron chi connectivity index (χ2n) is 6.66. The summed E-state index contributed by atoms with van der Waals surface area (Å²) in [4.78, 5) is 25.7. The minimum atomic E-state index is -0.978. The Bertz CT molecular complexity index is 609. The van der Waals surface area contributed by atoms with Gasteiger partial charge in [-0.1, -0.05) is 12.1 Å². The lowest BCUT2D eigenvalue weighted by Gasteiger charge is -2.38. The molecule has 0 unspecified atom stereocenters. The largest absolute Gasteiger partial charge is 0.478 e. The summed E-state index contributed by atoms with van der Waals surface area (Å²) in [6.45, 7) is 3.92. The molecule has 1 aromatic carbocycles. The Hall–Kier alpha value is -1.92. The van der Waals surface area contributed by atoms with Gasteiger partial charge in [0, 0.05) is 31.7 Å². The van der Waals surface area contributed by atoms with E-state index in [0.29, 0.717) is 39.5 Å². The molecule has 0 saturated carbocycles. The number of hydrogen-bond donors (Lipinski definition) is 1. The van der Waals surface area contributed by atoms with E-state index in [-0.39, 0.29) is 23.3 Å². The van der Waals surface area contributed by atoms with Gasteiger partial charge in [0.25, 0.3) is 0 Å². The van der Waals surface area contributed by atoms with E-state index < -0.39 is 5.97 Å². The summed E-state index contributed by atoms with van der Waals surface area (Å²) in [5, 5.41) is 9.07. The van der Waals surface area contributed by atoms with Gasteiger partial charge in [-0.2, -0.15) is 0 Å². The zero-order valence-electron chi connectivity index (χ0n) is 13.7. The first kappa shape index (κ1) is 16.9. The van der Waals surface area contributed by atoms with Gasteiger partial charge in [-0.25, -0.2) is 4.79 Å². The van der Waals surface area contributed by atoms with Crippen molar-refractivity contribution in [2.24, 2.45) is 5.41 Å². The molecule has 1 N–H and O–H groups in total. The number of hydrogen-bond acceptors (Lipinski definition) is 4. The number of carboxylic acid groups (broad SMARTS) is 1. The standard InChI is InChI=1S/C18H23NO5/c20-16(11-14-2-1-3-15(10-14)17(21)22)19-6-9-24-13-18(12-19)4-7-23-8-5-18/h1-3,10H,4-9,11-13H2,(H,21,22). The topological polar surface area (TPSA) is 76.1 Å². The highest BCUT2D eigenvalue weighted by molar-refractivity contribution is 5.88. The molecule has 2 heterocycles. The van der Waals surface area contributed by atoms with Gasteiger partial charge >= 0.3 is 5.97 Å². The van der Waals surface area contributed by atoms with E-state index in [2.05, 4.69) is 0 Å². The van der Waals surface area contributed by atoms with Crippen LogP contribution in [0.4, 0.5) is 0 Å². The van der Waals surface area contributed by atoms with E-state index >= 15 is 0 Å². The Morgan fingerprint density at radius 1 is 1.17 bits per heavy atom. The Morgan fingerprint density at radius 2 is 1.96 bits per heavy atom. The summed E-state index contributed by atoms with van der Waals surface area (Å²) < 4.78 is 11.2. The van der Waals surface area contributed by atoms with Crippen LogP contribution in [0.1, 0.15) is 28.8 Å². The Kier molecular flexibility index (Phi) is 5.16. The number of carbonyl (C=O) groups excluding carboxylic acids is 1. The van der Waals surface area contributed by atoms with Crippen molar-refractivity contribution < 1.29 is 24.2 Å². The third kappa shape index (κ3) is 3.94. The lowest BCUT2D eigenvalue weighted by Crippen LogP contribution is -2.45. The second kappa shape index (κ2) is 7.32. The van der Waals surface area contributed by atoms with E-state index in [1.807, 2.05) is 4.90 Å². The highest BCUT2D eigenvalue weighted by Crippen LogP contribution is 2.33. The number of amides is 1. The number of carboxylic acids is 1. The molecule has 2 aliphatic heterocycles. The molecule has 2 saturated heterocycles. The van der Waals surface area contributed by atoms with Crippen LogP contribution in [0.5, 0.6) is 0 Å². The fraction of sp³-hybridized carbons (Fsp3) is 0.556. The van der Waals surface area contributed by atoms with E-state index in [0.717, 1.165) is 18.4 Å². The van der Waals surface area contributed by atoms with E-state index in [1.165, 1.54) is 6.07 Å². The number of ether oxygens (including phenoxy) is 2. The number of nitrogens with zero attached hydrogens (tertiary/aromatic N) is 1. The minimum Gasteiger partial charge on any atom is -0.478 e. The monoisotopic (exact) mass is 333 g/mol. The van der Waals surface area contributed by atoms with Crippen molar-refractivity contribution in [2.45, 2.75) is 19.3 Å². The zero-order chi connectivity index (χ0) is 17.0. The van der Waals surface area contributed by atoms with Crippen LogP contribution in [-0.2, 0) is 20.7 Å². The number of aromatic carboxylic acids is 1. The van der Waals surface area contributed by atoms with Gasteiger partial charge in [0.2, 0.25) is 5.91 Å². The molecule has 1 amide bonds. The smallest absolute Gasteiger partial charge is 0.335 e. The van der Waals surface area contributed by atoms with Crippen LogP contribution in [0, 0.1) is 5.41 Å². The molecule has 0 bridgehead atoms. The van der Waals surface area contributed by atoms with Gasteiger partial charge < -0.3 is 19.5 Å².